The summed E-state index contributed by atoms with van der Waals surface area (Å²) in [7, 11) is 0. The zero-order valence-electron chi connectivity index (χ0n) is 8.52. The fourth-order valence-corrected chi connectivity index (χ4v) is 2.29. The van der Waals surface area contributed by atoms with Crippen molar-refractivity contribution in [3.63, 3.8) is 0 Å². The first-order chi connectivity index (χ1) is 7.01. The van der Waals surface area contributed by atoms with Crippen LogP contribution in [0.3, 0.4) is 0 Å². The lowest BCUT2D eigenvalue weighted by Gasteiger charge is -2.14. The van der Waals surface area contributed by atoms with Crippen molar-refractivity contribution < 1.29 is 9.90 Å². The fraction of sp³-hybridized carbons (Fsp3) is 0.273. The number of fused-ring (bicyclic) bond motifs is 1. The second-order valence-electron chi connectivity index (χ2n) is 3.92. The smallest absolute Gasteiger partial charge is 0.316 e. The lowest BCUT2D eigenvalue weighted by Crippen LogP contribution is -2.28. The molecule has 0 amide bonds. The Labute approximate surface area is 91.4 Å². The van der Waals surface area contributed by atoms with Gasteiger partial charge in [0.15, 0.2) is 0 Å². The van der Waals surface area contributed by atoms with E-state index in [1.165, 1.54) is 11.3 Å². The molecule has 0 saturated heterocycles. The average molecular weight is 221 g/mol. The highest BCUT2D eigenvalue weighted by molar-refractivity contribution is 7.18. The summed E-state index contributed by atoms with van der Waals surface area (Å²) in [5, 5.41) is 9.74. The van der Waals surface area contributed by atoms with Crippen molar-refractivity contribution in [2.24, 2.45) is 0 Å². The van der Waals surface area contributed by atoms with E-state index in [0.717, 1.165) is 10.2 Å². The van der Waals surface area contributed by atoms with E-state index in [2.05, 4.69) is 4.98 Å². The topological polar surface area (TPSA) is 50.2 Å². The van der Waals surface area contributed by atoms with Crippen LogP contribution in [0.25, 0.3) is 10.2 Å². The van der Waals surface area contributed by atoms with E-state index >= 15 is 0 Å². The first-order valence-electron chi connectivity index (χ1n) is 4.61. The molecule has 0 aliphatic heterocycles. The third-order valence-corrected chi connectivity index (χ3v) is 3.72. The van der Waals surface area contributed by atoms with E-state index in [1.807, 2.05) is 24.3 Å². The van der Waals surface area contributed by atoms with E-state index in [1.54, 1.807) is 13.8 Å². The minimum absolute atomic E-state index is 0.649. The molecule has 1 heterocycles. The van der Waals surface area contributed by atoms with Crippen molar-refractivity contribution in [1.82, 2.24) is 4.98 Å². The van der Waals surface area contributed by atoms with Gasteiger partial charge in [-0.3, -0.25) is 4.79 Å². The molecule has 0 aliphatic rings. The van der Waals surface area contributed by atoms with Crippen molar-refractivity contribution in [2.45, 2.75) is 19.3 Å². The molecule has 0 atom stereocenters. The summed E-state index contributed by atoms with van der Waals surface area (Å²) in [6.07, 6.45) is 0. The highest BCUT2D eigenvalue weighted by atomic mass is 32.1. The number of rotatable bonds is 2. The van der Waals surface area contributed by atoms with Gasteiger partial charge in [0, 0.05) is 0 Å². The van der Waals surface area contributed by atoms with Gasteiger partial charge in [-0.25, -0.2) is 4.98 Å². The standard InChI is InChI=1S/C11H11NO2S/c1-11(2,10(13)14)9-12-7-5-3-4-6-8(7)15-9/h3-6H,1-2H3,(H,13,14). The van der Waals surface area contributed by atoms with Gasteiger partial charge in [-0.2, -0.15) is 0 Å². The number of hydrogen-bond acceptors (Lipinski definition) is 3. The number of thiazole rings is 1. The fourth-order valence-electron chi connectivity index (χ4n) is 1.23. The molecule has 1 aromatic carbocycles. The van der Waals surface area contributed by atoms with Crippen molar-refractivity contribution in [3.05, 3.63) is 29.3 Å². The minimum Gasteiger partial charge on any atom is -0.481 e. The molecule has 4 heteroatoms. The third kappa shape index (κ3) is 1.61. The predicted molar refractivity (Wildman–Crippen MR) is 60.3 cm³/mol. The molecular weight excluding hydrogens is 210 g/mol. The Balaban J connectivity index is 2.58. The number of nitrogens with zero attached hydrogens (tertiary/aromatic N) is 1. The molecule has 1 aromatic heterocycles. The van der Waals surface area contributed by atoms with Crippen LogP contribution in [-0.4, -0.2) is 16.1 Å². The van der Waals surface area contributed by atoms with Crippen LogP contribution >= 0.6 is 11.3 Å². The van der Waals surface area contributed by atoms with Crippen LogP contribution in [0.4, 0.5) is 0 Å². The maximum atomic E-state index is 11.1. The number of carbonyl (C=O) groups is 1. The molecule has 1 N–H and O–H groups in total. The summed E-state index contributed by atoms with van der Waals surface area (Å²) in [4.78, 5) is 15.4. The molecule has 0 spiro atoms. The van der Waals surface area contributed by atoms with Gasteiger partial charge in [0.1, 0.15) is 10.4 Å². The zero-order chi connectivity index (χ0) is 11.1. The van der Waals surface area contributed by atoms with E-state index < -0.39 is 11.4 Å². The van der Waals surface area contributed by atoms with Crippen LogP contribution in [0.5, 0.6) is 0 Å². The molecule has 78 valence electrons. The second kappa shape index (κ2) is 3.31. The van der Waals surface area contributed by atoms with Crippen LogP contribution in [0.15, 0.2) is 24.3 Å². The van der Waals surface area contributed by atoms with E-state index in [0.29, 0.717) is 5.01 Å². The third-order valence-electron chi connectivity index (χ3n) is 2.36. The normalized spacial score (nSPS) is 11.9. The van der Waals surface area contributed by atoms with Gasteiger partial charge < -0.3 is 5.11 Å². The van der Waals surface area contributed by atoms with Gasteiger partial charge in [-0.05, 0) is 26.0 Å². The number of aromatic nitrogens is 1. The molecule has 3 nitrogen and oxygen atoms in total. The Hall–Kier alpha value is -1.42. The quantitative estimate of drug-likeness (QED) is 0.848. The number of para-hydroxylation sites is 1. The monoisotopic (exact) mass is 221 g/mol. The van der Waals surface area contributed by atoms with Gasteiger partial charge in [-0.15, -0.1) is 11.3 Å². The van der Waals surface area contributed by atoms with Crippen molar-refractivity contribution in [1.29, 1.82) is 0 Å². The van der Waals surface area contributed by atoms with E-state index in [9.17, 15) is 4.79 Å². The Kier molecular flexibility index (Phi) is 2.23. The number of carboxylic acids is 1. The zero-order valence-corrected chi connectivity index (χ0v) is 9.34. The predicted octanol–water partition coefficient (Wildman–Crippen LogP) is 2.66. The van der Waals surface area contributed by atoms with E-state index in [4.69, 9.17) is 5.11 Å². The second-order valence-corrected chi connectivity index (χ2v) is 4.95. The molecule has 2 aromatic rings. The molecule has 15 heavy (non-hydrogen) atoms. The van der Waals surface area contributed by atoms with Gasteiger partial charge >= 0.3 is 5.97 Å². The summed E-state index contributed by atoms with van der Waals surface area (Å²) in [6.45, 7) is 3.35. The summed E-state index contributed by atoms with van der Waals surface area (Å²) >= 11 is 1.44. The van der Waals surface area contributed by atoms with Crippen molar-refractivity contribution in [2.75, 3.05) is 0 Å². The molecule has 0 saturated carbocycles. The molecule has 0 aliphatic carbocycles. The summed E-state index contributed by atoms with van der Waals surface area (Å²) in [6, 6.07) is 7.68. The molecular formula is C11H11NO2S. The Bertz CT molecular complexity index is 483. The summed E-state index contributed by atoms with van der Waals surface area (Å²) < 4.78 is 1.03. The maximum absolute atomic E-state index is 11.1. The van der Waals surface area contributed by atoms with Gasteiger partial charge in [0.25, 0.3) is 0 Å². The molecule has 0 radical (unpaired) electrons. The summed E-state index contributed by atoms with van der Waals surface area (Å²) in [5.41, 5.74) is -0.0456. The molecule has 0 bridgehead atoms. The Morgan fingerprint density at radius 2 is 2.07 bits per heavy atom. The van der Waals surface area contributed by atoms with Crippen molar-refractivity contribution >= 4 is 27.5 Å². The lowest BCUT2D eigenvalue weighted by atomic mass is 9.95. The number of aliphatic carboxylic acids is 1. The number of hydrogen-bond donors (Lipinski definition) is 1. The van der Waals surface area contributed by atoms with Gasteiger partial charge in [-0.1, -0.05) is 12.1 Å². The Morgan fingerprint density at radius 3 is 2.67 bits per heavy atom. The molecule has 0 fully saturated rings. The lowest BCUT2D eigenvalue weighted by molar-refractivity contribution is -0.142. The first kappa shape index (κ1) is 10.1. The Morgan fingerprint density at radius 1 is 1.40 bits per heavy atom. The first-order valence-corrected chi connectivity index (χ1v) is 5.43. The van der Waals surface area contributed by atoms with Crippen LogP contribution in [-0.2, 0) is 10.2 Å². The minimum atomic E-state index is -0.913. The van der Waals surface area contributed by atoms with E-state index in [-0.39, 0.29) is 0 Å². The number of carboxylic acid groups (broad SMARTS) is 1. The average Bonchev–Trinajstić information content (AvgIpc) is 2.61. The molecule has 2 rings (SSSR count). The van der Waals surface area contributed by atoms with Crippen LogP contribution in [0.1, 0.15) is 18.9 Å². The highest BCUT2D eigenvalue weighted by Gasteiger charge is 2.32. The summed E-state index contributed by atoms with van der Waals surface area (Å²) in [5.74, 6) is -0.846. The largest absolute Gasteiger partial charge is 0.481 e. The SMILES string of the molecule is CC(C)(C(=O)O)c1nc2ccccc2s1. The highest BCUT2D eigenvalue weighted by Crippen LogP contribution is 2.31. The maximum Gasteiger partial charge on any atom is 0.316 e. The van der Waals surface area contributed by atoms with Crippen LogP contribution < -0.4 is 0 Å². The van der Waals surface area contributed by atoms with Crippen LogP contribution in [0, 0.1) is 0 Å². The van der Waals surface area contributed by atoms with Gasteiger partial charge in [0.05, 0.1) is 10.2 Å². The van der Waals surface area contributed by atoms with Gasteiger partial charge in [0.2, 0.25) is 0 Å². The van der Waals surface area contributed by atoms with Crippen molar-refractivity contribution in [3.8, 4) is 0 Å². The number of benzene rings is 1. The molecule has 0 unspecified atom stereocenters. The van der Waals surface area contributed by atoms with Crippen LogP contribution in [0.2, 0.25) is 0 Å².